The van der Waals surface area contributed by atoms with Crippen LogP contribution in [0.2, 0.25) is 0 Å². The zero-order chi connectivity index (χ0) is 19.8. The predicted octanol–water partition coefficient (Wildman–Crippen LogP) is -1.14. The molecule has 5 rings (SSSR count). The Morgan fingerprint density at radius 2 is 2.17 bits per heavy atom. The molecule has 0 amide bonds. The predicted molar refractivity (Wildman–Crippen MR) is 101 cm³/mol. The van der Waals surface area contributed by atoms with Crippen molar-refractivity contribution in [2.45, 2.75) is 25.4 Å². The lowest BCUT2D eigenvalue weighted by Crippen LogP contribution is -2.24. The Morgan fingerprint density at radius 3 is 2.90 bits per heavy atom. The Hall–Kier alpha value is -4.09. The Bertz CT molecular complexity index is 1350. The molecule has 29 heavy (non-hydrogen) atoms. The van der Waals surface area contributed by atoms with Gasteiger partial charge in [0.2, 0.25) is 11.8 Å². The number of rotatable bonds is 5. The monoisotopic (exact) mass is 392 g/mol. The molecular formula is C17H16N10O2. The van der Waals surface area contributed by atoms with Gasteiger partial charge in [-0.15, -0.1) is 0 Å². The molecule has 4 heterocycles. The third kappa shape index (κ3) is 3.54. The smallest absolute Gasteiger partial charge is 0.326 e. The molecule has 1 aliphatic rings. The van der Waals surface area contributed by atoms with E-state index in [1.807, 2.05) is 0 Å². The maximum atomic E-state index is 11.4. The lowest BCUT2D eigenvalue weighted by molar-refractivity contribution is 0.454. The van der Waals surface area contributed by atoms with Gasteiger partial charge in [-0.05, 0) is 18.9 Å². The molecular weight excluding hydrogens is 376 g/mol. The SMILES string of the molecule is O=c1[nH]c(O)c(/C=c2\cnn3c(=NC4CC4)nc(NCc4cnccn4)nc23)[nH]1. The highest BCUT2D eigenvalue weighted by molar-refractivity contribution is 5.57. The molecule has 4 aromatic heterocycles. The van der Waals surface area contributed by atoms with Gasteiger partial charge in [-0.25, -0.2) is 9.79 Å². The first-order valence-electron chi connectivity index (χ1n) is 8.97. The highest BCUT2D eigenvalue weighted by Crippen LogP contribution is 2.22. The van der Waals surface area contributed by atoms with Crippen LogP contribution in [0.5, 0.6) is 5.88 Å². The number of nitrogens with one attached hydrogen (secondary N) is 3. The first kappa shape index (κ1) is 17.0. The second kappa shape index (κ2) is 6.82. The van der Waals surface area contributed by atoms with Gasteiger partial charge in [0.05, 0.1) is 30.7 Å². The van der Waals surface area contributed by atoms with Crippen LogP contribution in [0.25, 0.3) is 11.7 Å². The molecule has 0 radical (unpaired) electrons. The van der Waals surface area contributed by atoms with E-state index in [4.69, 9.17) is 0 Å². The lowest BCUT2D eigenvalue weighted by atomic mass is 10.3. The number of aromatic nitrogens is 8. The molecule has 0 saturated heterocycles. The summed E-state index contributed by atoms with van der Waals surface area (Å²) in [6.07, 6.45) is 10.1. The Kier molecular flexibility index (Phi) is 4.00. The molecule has 4 N–H and O–H groups in total. The minimum Gasteiger partial charge on any atom is -0.493 e. The van der Waals surface area contributed by atoms with Crippen molar-refractivity contribution in [1.82, 2.24) is 39.5 Å². The maximum Gasteiger partial charge on any atom is 0.326 e. The van der Waals surface area contributed by atoms with E-state index in [1.54, 1.807) is 35.4 Å². The quantitative estimate of drug-likeness (QED) is 0.331. The summed E-state index contributed by atoms with van der Waals surface area (Å²) in [6.45, 7) is 0.395. The largest absolute Gasteiger partial charge is 0.493 e. The summed E-state index contributed by atoms with van der Waals surface area (Å²) in [5.41, 5.74) is 1.40. The molecule has 0 bridgehead atoms. The molecule has 0 aromatic carbocycles. The summed E-state index contributed by atoms with van der Waals surface area (Å²) in [4.78, 5) is 38.0. The fraction of sp³-hybridized carbons (Fsp3) is 0.235. The second-order valence-corrected chi connectivity index (χ2v) is 6.58. The van der Waals surface area contributed by atoms with Crippen molar-refractivity contribution in [3.05, 3.63) is 57.5 Å². The lowest BCUT2D eigenvalue weighted by Gasteiger charge is -2.04. The molecule has 0 unspecified atom stereocenters. The van der Waals surface area contributed by atoms with E-state index in [1.165, 1.54) is 0 Å². The van der Waals surface area contributed by atoms with E-state index in [9.17, 15) is 9.90 Å². The van der Waals surface area contributed by atoms with Crippen LogP contribution in [-0.2, 0) is 6.54 Å². The fourth-order valence-electron chi connectivity index (χ4n) is 2.75. The van der Waals surface area contributed by atoms with E-state index < -0.39 is 5.69 Å². The first-order chi connectivity index (χ1) is 14.2. The fourth-order valence-corrected chi connectivity index (χ4v) is 2.75. The van der Waals surface area contributed by atoms with E-state index in [-0.39, 0.29) is 17.6 Å². The summed E-state index contributed by atoms with van der Waals surface area (Å²) in [5.74, 6) is 0.108. The normalized spacial score (nSPS) is 15.3. The van der Waals surface area contributed by atoms with Gasteiger partial charge in [-0.2, -0.15) is 19.6 Å². The van der Waals surface area contributed by atoms with E-state index in [2.05, 4.69) is 45.3 Å². The van der Waals surface area contributed by atoms with Gasteiger partial charge in [-0.3, -0.25) is 15.0 Å². The molecule has 0 spiro atoms. The molecule has 4 aromatic rings. The molecule has 1 aliphatic carbocycles. The molecule has 146 valence electrons. The number of H-pyrrole nitrogens is 2. The van der Waals surface area contributed by atoms with Crippen LogP contribution in [0.15, 0.2) is 34.6 Å². The number of fused-ring (bicyclic) bond motifs is 1. The zero-order valence-electron chi connectivity index (χ0n) is 15.1. The van der Waals surface area contributed by atoms with Gasteiger partial charge >= 0.3 is 5.69 Å². The number of anilines is 1. The van der Waals surface area contributed by atoms with Gasteiger partial charge in [-0.1, -0.05) is 0 Å². The van der Waals surface area contributed by atoms with Crippen LogP contribution in [0.3, 0.4) is 0 Å². The van der Waals surface area contributed by atoms with Gasteiger partial charge < -0.3 is 15.4 Å². The average Bonchev–Trinajstić information content (AvgIpc) is 3.36. The number of nitrogens with zero attached hydrogens (tertiary/aromatic N) is 7. The Morgan fingerprint density at radius 1 is 1.28 bits per heavy atom. The van der Waals surface area contributed by atoms with Crippen LogP contribution >= 0.6 is 0 Å². The van der Waals surface area contributed by atoms with Crippen molar-refractivity contribution < 1.29 is 5.11 Å². The van der Waals surface area contributed by atoms with E-state index in [0.29, 0.717) is 29.0 Å². The number of hydrogen-bond acceptors (Lipinski definition) is 9. The molecule has 12 nitrogen and oxygen atoms in total. The van der Waals surface area contributed by atoms with Crippen LogP contribution in [0, 0.1) is 0 Å². The van der Waals surface area contributed by atoms with Crippen molar-refractivity contribution in [2.75, 3.05) is 5.32 Å². The van der Waals surface area contributed by atoms with Crippen LogP contribution < -0.4 is 21.8 Å². The summed E-state index contributed by atoms with van der Waals surface area (Å²) >= 11 is 0. The molecule has 0 aliphatic heterocycles. The zero-order valence-corrected chi connectivity index (χ0v) is 15.1. The first-order valence-corrected chi connectivity index (χ1v) is 8.97. The number of imidazole rings is 1. The van der Waals surface area contributed by atoms with Gasteiger partial charge in [0.15, 0.2) is 5.65 Å². The minimum absolute atomic E-state index is 0.235. The Balaban J connectivity index is 1.61. The third-order valence-corrected chi connectivity index (χ3v) is 4.30. The topological polar surface area (TPSA) is 162 Å². The second-order valence-electron chi connectivity index (χ2n) is 6.58. The molecule has 0 atom stereocenters. The van der Waals surface area contributed by atoms with Crippen molar-refractivity contribution in [2.24, 2.45) is 4.99 Å². The third-order valence-electron chi connectivity index (χ3n) is 4.30. The van der Waals surface area contributed by atoms with E-state index >= 15 is 0 Å². The molecule has 1 fully saturated rings. The average molecular weight is 392 g/mol. The van der Waals surface area contributed by atoms with Crippen molar-refractivity contribution >= 4 is 17.7 Å². The number of aromatic hydroxyl groups is 1. The van der Waals surface area contributed by atoms with Gasteiger partial charge in [0, 0.05) is 17.6 Å². The Labute approximate surface area is 162 Å². The minimum atomic E-state index is -0.504. The van der Waals surface area contributed by atoms with Crippen LogP contribution in [0.4, 0.5) is 5.95 Å². The number of hydrogen-bond donors (Lipinski definition) is 4. The van der Waals surface area contributed by atoms with E-state index in [0.717, 1.165) is 18.5 Å². The highest BCUT2D eigenvalue weighted by atomic mass is 16.3. The summed E-state index contributed by atoms with van der Waals surface area (Å²) in [6, 6.07) is 0.239. The van der Waals surface area contributed by atoms with Crippen molar-refractivity contribution in [1.29, 1.82) is 0 Å². The van der Waals surface area contributed by atoms with Crippen molar-refractivity contribution in [3.63, 3.8) is 0 Å². The molecule has 12 heteroatoms. The van der Waals surface area contributed by atoms with Crippen molar-refractivity contribution in [3.8, 4) is 5.88 Å². The summed E-state index contributed by atoms with van der Waals surface area (Å²) in [5, 5.41) is 17.9. The van der Waals surface area contributed by atoms with Crippen LogP contribution in [0.1, 0.15) is 24.2 Å². The maximum absolute atomic E-state index is 11.4. The van der Waals surface area contributed by atoms with Crippen LogP contribution in [-0.4, -0.2) is 50.7 Å². The standard InChI is InChI=1S/C17H16N10O2/c28-14-12(23-17(29)25-14)5-9-6-21-27-13(9)24-15(26-16(27)22-10-1-2-10)20-8-11-7-18-3-4-19-11/h3-7,10,28H,1-2,8H2,(H,20,22,26)(H2,23,25,29)/b9-5+. The van der Waals surface area contributed by atoms with Gasteiger partial charge in [0.1, 0.15) is 5.69 Å². The highest BCUT2D eigenvalue weighted by Gasteiger charge is 2.21. The number of aromatic amines is 2. The summed E-state index contributed by atoms with van der Waals surface area (Å²) < 4.78 is 1.54. The van der Waals surface area contributed by atoms with Gasteiger partial charge in [0.25, 0.3) is 5.62 Å². The molecule has 1 saturated carbocycles. The summed E-state index contributed by atoms with van der Waals surface area (Å²) in [7, 11) is 0.